The molecule has 1 unspecified atom stereocenters. The number of guanidine groups is 1. The molecular formula is C15H30IN3O2. The van der Waals surface area contributed by atoms with Crippen molar-refractivity contribution in [1.82, 2.24) is 9.80 Å². The van der Waals surface area contributed by atoms with Gasteiger partial charge in [-0.1, -0.05) is 0 Å². The van der Waals surface area contributed by atoms with Crippen LogP contribution in [0.3, 0.4) is 0 Å². The van der Waals surface area contributed by atoms with Gasteiger partial charge in [-0.05, 0) is 32.1 Å². The minimum Gasteiger partial charge on any atom is -0.376 e. The Morgan fingerprint density at radius 3 is 2.48 bits per heavy atom. The lowest BCUT2D eigenvalue weighted by molar-refractivity contribution is -0.0723. The molecule has 0 spiro atoms. The van der Waals surface area contributed by atoms with Gasteiger partial charge in [0.2, 0.25) is 0 Å². The van der Waals surface area contributed by atoms with Crippen molar-refractivity contribution >= 4 is 29.9 Å². The van der Waals surface area contributed by atoms with Gasteiger partial charge in [0.15, 0.2) is 5.96 Å². The van der Waals surface area contributed by atoms with Crippen molar-refractivity contribution in [2.45, 2.75) is 44.3 Å². The molecule has 0 radical (unpaired) electrons. The van der Waals surface area contributed by atoms with E-state index < -0.39 is 0 Å². The molecule has 0 aromatic rings. The maximum atomic E-state index is 6.04. The van der Waals surface area contributed by atoms with E-state index in [4.69, 9.17) is 9.47 Å². The predicted octanol–water partition coefficient (Wildman–Crippen LogP) is 2.20. The standard InChI is InChI=1S/C15H29N3O2.HI/c1-16-15(17(2)3)18-9-7-13(8-10-18)20-12-14-6-4-5-11-19-14;/h13-14H,4-12H2,1-3H3;1H. The molecule has 0 aromatic carbocycles. The number of halogens is 1. The van der Waals surface area contributed by atoms with Gasteiger partial charge in [-0.15, -0.1) is 24.0 Å². The molecule has 2 saturated heterocycles. The van der Waals surface area contributed by atoms with Crippen LogP contribution in [0.1, 0.15) is 32.1 Å². The van der Waals surface area contributed by atoms with Crippen molar-refractivity contribution in [3.8, 4) is 0 Å². The maximum absolute atomic E-state index is 6.04. The van der Waals surface area contributed by atoms with E-state index in [-0.39, 0.29) is 24.0 Å². The molecule has 21 heavy (non-hydrogen) atoms. The molecule has 0 bridgehead atoms. The normalized spacial score (nSPS) is 24.6. The average molecular weight is 411 g/mol. The molecule has 6 heteroatoms. The molecule has 124 valence electrons. The monoisotopic (exact) mass is 411 g/mol. The van der Waals surface area contributed by atoms with Crippen molar-refractivity contribution in [2.75, 3.05) is 47.4 Å². The minimum atomic E-state index is 0. The summed E-state index contributed by atoms with van der Waals surface area (Å²) in [5.74, 6) is 1.07. The van der Waals surface area contributed by atoms with Gasteiger partial charge in [-0.25, -0.2) is 0 Å². The van der Waals surface area contributed by atoms with Gasteiger partial charge in [0, 0.05) is 40.8 Å². The third-order valence-corrected chi connectivity index (χ3v) is 4.12. The van der Waals surface area contributed by atoms with E-state index in [1.807, 2.05) is 21.1 Å². The highest BCUT2D eigenvalue weighted by molar-refractivity contribution is 14.0. The largest absolute Gasteiger partial charge is 0.376 e. The van der Waals surface area contributed by atoms with Crippen LogP contribution in [-0.2, 0) is 9.47 Å². The highest BCUT2D eigenvalue weighted by Gasteiger charge is 2.24. The molecule has 5 nitrogen and oxygen atoms in total. The smallest absolute Gasteiger partial charge is 0.195 e. The summed E-state index contributed by atoms with van der Waals surface area (Å²) in [6, 6.07) is 0. The Kier molecular flexibility index (Phi) is 8.89. The second-order valence-corrected chi connectivity index (χ2v) is 5.93. The van der Waals surface area contributed by atoms with Crippen LogP contribution in [-0.4, -0.2) is 75.4 Å². The lowest BCUT2D eigenvalue weighted by Crippen LogP contribution is -2.46. The maximum Gasteiger partial charge on any atom is 0.195 e. The fourth-order valence-electron chi connectivity index (χ4n) is 3.03. The van der Waals surface area contributed by atoms with Crippen LogP contribution < -0.4 is 0 Å². The third kappa shape index (κ3) is 5.90. The molecule has 1 atom stereocenters. The van der Waals surface area contributed by atoms with Crippen molar-refractivity contribution in [3.05, 3.63) is 0 Å². The molecule has 0 amide bonds. The molecule has 2 aliphatic rings. The van der Waals surface area contributed by atoms with E-state index in [1.54, 1.807) is 0 Å². The summed E-state index contributed by atoms with van der Waals surface area (Å²) in [7, 11) is 5.95. The Morgan fingerprint density at radius 1 is 1.24 bits per heavy atom. The Morgan fingerprint density at radius 2 is 1.95 bits per heavy atom. The first-order valence-electron chi connectivity index (χ1n) is 7.83. The van der Waals surface area contributed by atoms with Crippen LogP contribution in [0, 0.1) is 0 Å². The molecule has 2 rings (SSSR count). The summed E-state index contributed by atoms with van der Waals surface area (Å²) in [6.45, 7) is 3.74. The summed E-state index contributed by atoms with van der Waals surface area (Å²) in [6.07, 6.45) is 6.53. The second kappa shape index (κ2) is 9.84. The molecule has 0 saturated carbocycles. The number of aliphatic imine (C=N–C) groups is 1. The number of hydrogen-bond donors (Lipinski definition) is 0. The quantitative estimate of drug-likeness (QED) is 0.406. The molecule has 0 aromatic heterocycles. The first-order valence-corrected chi connectivity index (χ1v) is 7.83. The zero-order valence-corrected chi connectivity index (χ0v) is 15.9. The van der Waals surface area contributed by atoms with Gasteiger partial charge in [0.25, 0.3) is 0 Å². The van der Waals surface area contributed by atoms with Gasteiger partial charge in [-0.3, -0.25) is 4.99 Å². The molecule has 0 aliphatic carbocycles. The van der Waals surface area contributed by atoms with Gasteiger partial charge in [0.05, 0.1) is 18.8 Å². The first kappa shape index (κ1) is 19.0. The lowest BCUT2D eigenvalue weighted by atomic mass is 10.1. The average Bonchev–Trinajstić information content (AvgIpc) is 2.48. The summed E-state index contributed by atoms with van der Waals surface area (Å²) < 4.78 is 11.8. The third-order valence-electron chi connectivity index (χ3n) is 4.12. The number of rotatable bonds is 3. The summed E-state index contributed by atoms with van der Waals surface area (Å²) in [5, 5.41) is 0. The summed E-state index contributed by atoms with van der Waals surface area (Å²) in [4.78, 5) is 8.79. The van der Waals surface area contributed by atoms with Crippen LogP contribution in [0.5, 0.6) is 0 Å². The van der Waals surface area contributed by atoms with Crippen molar-refractivity contribution < 1.29 is 9.47 Å². The summed E-state index contributed by atoms with van der Waals surface area (Å²) >= 11 is 0. The lowest BCUT2D eigenvalue weighted by Gasteiger charge is -2.36. The first-order chi connectivity index (χ1) is 9.70. The highest BCUT2D eigenvalue weighted by atomic mass is 127. The highest BCUT2D eigenvalue weighted by Crippen LogP contribution is 2.18. The van der Waals surface area contributed by atoms with Gasteiger partial charge >= 0.3 is 0 Å². The van der Waals surface area contributed by atoms with E-state index in [0.717, 1.165) is 51.5 Å². The van der Waals surface area contributed by atoms with E-state index in [0.29, 0.717) is 12.2 Å². The van der Waals surface area contributed by atoms with Crippen molar-refractivity contribution in [2.24, 2.45) is 4.99 Å². The predicted molar refractivity (Wildman–Crippen MR) is 96.6 cm³/mol. The fourth-order valence-corrected chi connectivity index (χ4v) is 3.03. The van der Waals surface area contributed by atoms with Gasteiger partial charge < -0.3 is 19.3 Å². The zero-order valence-electron chi connectivity index (χ0n) is 13.6. The Hall–Kier alpha value is -0.0800. The zero-order chi connectivity index (χ0) is 14.4. The van der Waals surface area contributed by atoms with Crippen molar-refractivity contribution in [3.63, 3.8) is 0 Å². The summed E-state index contributed by atoms with van der Waals surface area (Å²) in [5.41, 5.74) is 0. The van der Waals surface area contributed by atoms with Crippen LogP contribution >= 0.6 is 24.0 Å². The fraction of sp³-hybridized carbons (Fsp3) is 0.933. The molecular weight excluding hydrogens is 381 g/mol. The number of piperidine rings is 1. The van der Waals surface area contributed by atoms with Gasteiger partial charge in [-0.2, -0.15) is 0 Å². The second-order valence-electron chi connectivity index (χ2n) is 5.93. The Balaban J connectivity index is 0.00000220. The molecule has 2 aliphatic heterocycles. The van der Waals surface area contributed by atoms with E-state index in [9.17, 15) is 0 Å². The van der Waals surface area contributed by atoms with E-state index >= 15 is 0 Å². The SMILES string of the molecule is CN=C(N(C)C)N1CCC(OCC2CCCCO2)CC1.I. The van der Waals surface area contributed by atoms with E-state index in [1.165, 1.54) is 12.8 Å². The van der Waals surface area contributed by atoms with Crippen molar-refractivity contribution in [1.29, 1.82) is 0 Å². The Labute approximate surface area is 146 Å². The molecule has 2 fully saturated rings. The topological polar surface area (TPSA) is 37.3 Å². The number of ether oxygens (including phenoxy) is 2. The van der Waals surface area contributed by atoms with Crippen LogP contribution in [0.4, 0.5) is 0 Å². The Bertz CT molecular complexity index is 312. The van der Waals surface area contributed by atoms with Crippen LogP contribution in [0.25, 0.3) is 0 Å². The number of nitrogens with zero attached hydrogens (tertiary/aromatic N) is 3. The number of hydrogen-bond acceptors (Lipinski definition) is 3. The molecule has 0 N–H and O–H groups in total. The minimum absolute atomic E-state index is 0. The van der Waals surface area contributed by atoms with Crippen LogP contribution in [0.2, 0.25) is 0 Å². The van der Waals surface area contributed by atoms with Gasteiger partial charge in [0.1, 0.15) is 0 Å². The van der Waals surface area contributed by atoms with E-state index in [2.05, 4.69) is 14.8 Å². The number of likely N-dealkylation sites (tertiary alicyclic amines) is 1. The molecule has 2 heterocycles. The van der Waals surface area contributed by atoms with Crippen LogP contribution in [0.15, 0.2) is 4.99 Å².